The largest absolute Gasteiger partial charge is 0.444 e. The van der Waals surface area contributed by atoms with Gasteiger partial charge in [0.2, 0.25) is 0 Å². The Morgan fingerprint density at radius 2 is 1.96 bits per heavy atom. The first-order valence-electron chi connectivity index (χ1n) is 9.80. The van der Waals surface area contributed by atoms with Gasteiger partial charge in [0.25, 0.3) is 0 Å². The van der Waals surface area contributed by atoms with Crippen molar-refractivity contribution in [3.8, 4) is 0 Å². The van der Waals surface area contributed by atoms with Crippen LogP contribution >= 0.6 is 22.6 Å². The summed E-state index contributed by atoms with van der Waals surface area (Å²) in [6, 6.07) is 6.54. The highest BCUT2D eigenvalue weighted by molar-refractivity contribution is 14.1. The van der Waals surface area contributed by atoms with Crippen molar-refractivity contribution >= 4 is 34.4 Å². The van der Waals surface area contributed by atoms with Crippen LogP contribution in [0.1, 0.15) is 46.6 Å². The third kappa shape index (κ3) is 5.51. The number of nitrogens with one attached hydrogen (secondary N) is 1. The average molecular weight is 502 g/mol. The third-order valence-corrected chi connectivity index (χ3v) is 5.58. The van der Waals surface area contributed by atoms with Crippen LogP contribution in [0, 0.1) is 3.57 Å². The summed E-state index contributed by atoms with van der Waals surface area (Å²) < 4.78 is 18.6. The lowest BCUT2D eigenvalue weighted by molar-refractivity contribution is -0.269. The summed E-state index contributed by atoms with van der Waals surface area (Å²) in [5, 5.41) is 3.06. The predicted molar refractivity (Wildman–Crippen MR) is 118 cm³/mol. The van der Waals surface area contributed by atoms with E-state index < -0.39 is 23.0 Å². The number of anilines is 1. The first-order valence-corrected chi connectivity index (χ1v) is 10.9. The van der Waals surface area contributed by atoms with Crippen LogP contribution < -0.4 is 10.2 Å². The van der Waals surface area contributed by atoms with Crippen LogP contribution in [0.4, 0.5) is 10.5 Å². The quantitative estimate of drug-likeness (QED) is 0.632. The van der Waals surface area contributed by atoms with Crippen molar-refractivity contribution in [2.45, 2.75) is 64.4 Å². The van der Waals surface area contributed by atoms with E-state index in [4.69, 9.17) is 14.2 Å². The predicted octanol–water partition coefficient (Wildman–Crippen LogP) is 4.09. The molecule has 28 heavy (non-hydrogen) atoms. The number of fused-ring (bicyclic) bond motifs is 1. The minimum atomic E-state index is -0.671. The number of benzene rings is 1. The topological polar surface area (TPSA) is 60.0 Å². The van der Waals surface area contributed by atoms with Gasteiger partial charge in [-0.05, 0) is 93.8 Å². The lowest BCUT2D eigenvalue weighted by atomic mass is 9.95. The Balaban J connectivity index is 1.82. The number of hydrogen-bond acceptors (Lipinski definition) is 5. The minimum Gasteiger partial charge on any atom is -0.444 e. The van der Waals surface area contributed by atoms with Gasteiger partial charge in [0.15, 0.2) is 5.79 Å². The van der Waals surface area contributed by atoms with E-state index in [0.717, 1.165) is 19.4 Å². The summed E-state index contributed by atoms with van der Waals surface area (Å²) in [5.74, 6) is -0.658. The number of halogens is 1. The maximum atomic E-state index is 12.6. The highest BCUT2D eigenvalue weighted by Gasteiger charge is 2.44. The van der Waals surface area contributed by atoms with Crippen molar-refractivity contribution < 1.29 is 19.0 Å². The molecule has 0 bridgehead atoms. The van der Waals surface area contributed by atoms with Crippen molar-refractivity contribution in [3.05, 3.63) is 27.3 Å². The number of ether oxygens (including phenoxy) is 3. The number of carbonyl (C=O) groups excluding carboxylic acids is 1. The van der Waals surface area contributed by atoms with Gasteiger partial charge < -0.3 is 24.4 Å². The molecule has 0 radical (unpaired) electrons. The Morgan fingerprint density at radius 3 is 2.61 bits per heavy atom. The van der Waals surface area contributed by atoms with Gasteiger partial charge in [-0.25, -0.2) is 4.79 Å². The second-order valence-electron chi connectivity index (χ2n) is 9.18. The summed E-state index contributed by atoms with van der Waals surface area (Å²) in [7, 11) is 0. The smallest absolute Gasteiger partial charge is 0.408 e. The molecule has 7 heteroatoms. The van der Waals surface area contributed by atoms with Crippen molar-refractivity contribution in [1.82, 2.24) is 5.32 Å². The van der Waals surface area contributed by atoms with Crippen LogP contribution in [0.25, 0.3) is 0 Å². The second-order valence-corrected chi connectivity index (χ2v) is 10.4. The van der Waals surface area contributed by atoms with Gasteiger partial charge in [-0.2, -0.15) is 0 Å². The number of alkyl carbamates (subject to hydrolysis) is 1. The molecule has 0 atom stereocenters. The SMILES string of the molecule is CC(C)(C)OC(=O)NC1(CN2CCCc3cc(I)ccc32)COC(C)(C)OC1. The molecule has 156 valence electrons. The molecule has 0 unspecified atom stereocenters. The van der Waals surface area contributed by atoms with Gasteiger partial charge in [-0.1, -0.05) is 0 Å². The number of hydrogen-bond donors (Lipinski definition) is 1. The summed E-state index contributed by atoms with van der Waals surface area (Å²) in [5.41, 5.74) is 1.34. The molecule has 1 amide bonds. The molecule has 0 aromatic heterocycles. The number of nitrogens with zero attached hydrogens (tertiary/aromatic N) is 1. The van der Waals surface area contributed by atoms with E-state index in [9.17, 15) is 4.79 Å². The molecular weight excluding hydrogens is 471 g/mol. The summed E-state index contributed by atoms with van der Waals surface area (Å²) in [6.45, 7) is 11.6. The van der Waals surface area contributed by atoms with E-state index >= 15 is 0 Å². The maximum absolute atomic E-state index is 12.6. The highest BCUT2D eigenvalue weighted by Crippen LogP contribution is 2.32. The molecule has 0 saturated carbocycles. The first kappa shape index (κ1) is 21.6. The zero-order valence-corrected chi connectivity index (χ0v) is 19.6. The van der Waals surface area contributed by atoms with Crippen molar-refractivity contribution in [2.24, 2.45) is 0 Å². The normalized spacial score (nSPS) is 21.0. The molecule has 2 aliphatic rings. The van der Waals surface area contributed by atoms with Crippen LogP contribution in [0.2, 0.25) is 0 Å². The average Bonchev–Trinajstić information content (AvgIpc) is 2.56. The van der Waals surface area contributed by atoms with Gasteiger partial charge in [-0.3, -0.25) is 0 Å². The van der Waals surface area contributed by atoms with E-state index in [2.05, 4.69) is 51.0 Å². The molecule has 0 aliphatic carbocycles. The minimum absolute atomic E-state index is 0.370. The van der Waals surface area contributed by atoms with Crippen molar-refractivity contribution in [3.63, 3.8) is 0 Å². The molecule has 3 rings (SSSR count). The van der Waals surface area contributed by atoms with Gasteiger partial charge in [-0.15, -0.1) is 0 Å². The molecule has 0 spiro atoms. The Morgan fingerprint density at radius 1 is 1.29 bits per heavy atom. The Labute approximate surface area is 181 Å². The fraction of sp³-hybridized carbons (Fsp3) is 0.667. The van der Waals surface area contributed by atoms with E-state index in [1.165, 1.54) is 14.8 Å². The molecule has 1 aromatic rings. The summed E-state index contributed by atoms with van der Waals surface area (Å²) in [6.07, 6.45) is 1.72. The van der Waals surface area contributed by atoms with Crippen LogP contribution in [0.3, 0.4) is 0 Å². The Bertz CT molecular complexity index is 720. The van der Waals surface area contributed by atoms with Gasteiger partial charge in [0, 0.05) is 22.3 Å². The maximum Gasteiger partial charge on any atom is 0.408 e. The third-order valence-electron chi connectivity index (χ3n) is 4.91. The van der Waals surface area contributed by atoms with Crippen molar-refractivity contribution in [2.75, 3.05) is 31.2 Å². The summed E-state index contributed by atoms with van der Waals surface area (Å²) in [4.78, 5) is 14.9. The molecule has 2 aliphatic heterocycles. The fourth-order valence-corrected chi connectivity index (χ4v) is 4.16. The Kier molecular flexibility index (Phi) is 6.18. The molecule has 2 heterocycles. The van der Waals surface area contributed by atoms with E-state index in [0.29, 0.717) is 19.8 Å². The zero-order chi connectivity index (χ0) is 20.6. The van der Waals surface area contributed by atoms with Crippen LogP contribution in [0.15, 0.2) is 18.2 Å². The first-order chi connectivity index (χ1) is 13.0. The molecule has 6 nitrogen and oxygen atoms in total. The highest BCUT2D eigenvalue weighted by atomic mass is 127. The van der Waals surface area contributed by atoms with Gasteiger partial charge >= 0.3 is 6.09 Å². The fourth-order valence-electron chi connectivity index (χ4n) is 3.60. The van der Waals surface area contributed by atoms with Crippen LogP contribution in [-0.2, 0) is 20.6 Å². The summed E-state index contributed by atoms with van der Waals surface area (Å²) >= 11 is 2.35. The van der Waals surface area contributed by atoms with Crippen molar-refractivity contribution in [1.29, 1.82) is 0 Å². The molecule has 1 fully saturated rings. The number of amides is 1. The van der Waals surface area contributed by atoms with E-state index in [1.807, 2.05) is 34.6 Å². The van der Waals surface area contributed by atoms with Gasteiger partial charge in [0.05, 0.1) is 13.2 Å². The number of rotatable bonds is 3. The van der Waals surface area contributed by atoms with E-state index in [-0.39, 0.29) is 0 Å². The standard InChI is InChI=1S/C21H31IN2O4/c1-19(2,3)28-18(25)23-21(13-26-20(4,5)27-14-21)12-24-10-6-7-15-11-16(22)8-9-17(15)24/h8-9,11H,6-7,10,12-14H2,1-5H3,(H,23,25). The van der Waals surface area contributed by atoms with Crippen LogP contribution in [0.5, 0.6) is 0 Å². The second kappa shape index (κ2) is 7.99. The lowest BCUT2D eigenvalue weighted by Crippen LogP contribution is -2.66. The molecule has 1 saturated heterocycles. The number of carbonyl (C=O) groups is 1. The van der Waals surface area contributed by atoms with Gasteiger partial charge in [0.1, 0.15) is 11.1 Å². The zero-order valence-electron chi connectivity index (χ0n) is 17.4. The lowest BCUT2D eigenvalue weighted by Gasteiger charge is -2.47. The van der Waals surface area contributed by atoms with E-state index in [1.54, 1.807) is 0 Å². The molecule has 1 aromatic carbocycles. The van der Waals surface area contributed by atoms with Crippen LogP contribution in [-0.4, -0.2) is 49.3 Å². The Hall–Kier alpha value is -1.06. The molecule has 1 N–H and O–H groups in total. The molecular formula is C21H31IN2O4. The monoisotopic (exact) mass is 502 g/mol. The number of aryl methyl sites for hydroxylation is 1.